The van der Waals surface area contributed by atoms with Gasteiger partial charge in [0.2, 0.25) is 10.0 Å². The van der Waals surface area contributed by atoms with Crippen molar-refractivity contribution in [1.29, 1.82) is 0 Å². The van der Waals surface area contributed by atoms with Gasteiger partial charge in [-0.3, -0.25) is 16.0 Å². The van der Waals surface area contributed by atoms with Crippen LogP contribution in [0.2, 0.25) is 0 Å². The van der Waals surface area contributed by atoms with Crippen LogP contribution >= 0.6 is 0 Å². The van der Waals surface area contributed by atoms with Crippen molar-refractivity contribution in [3.8, 4) is 0 Å². The van der Waals surface area contributed by atoms with Crippen LogP contribution in [-0.2, 0) is 10.0 Å². The largest absolute Gasteiger partial charge is 0.318 e. The Labute approximate surface area is 124 Å². The number of hydrogen-bond donors (Lipinski definition) is 2. The van der Waals surface area contributed by atoms with Crippen molar-refractivity contribution in [3.63, 3.8) is 0 Å². The molecule has 0 atom stereocenters. The molecule has 0 heterocycles. The number of nitro benzene ring substituents is 1. The molecule has 0 amide bonds. The number of nitrogen functional groups attached to an aromatic ring is 1. The van der Waals surface area contributed by atoms with Crippen LogP contribution in [0.25, 0.3) is 0 Å². The number of hydrogen-bond acceptors (Lipinski definition) is 6. The third-order valence-corrected chi connectivity index (χ3v) is 5.21. The predicted octanol–water partition coefficient (Wildman–Crippen LogP) is 1.61. The van der Waals surface area contributed by atoms with Gasteiger partial charge in [0.05, 0.1) is 9.82 Å². The van der Waals surface area contributed by atoms with Crippen molar-refractivity contribution in [2.75, 3.05) is 18.5 Å². The summed E-state index contributed by atoms with van der Waals surface area (Å²) in [7, 11) is -3.76. The number of nitrogens with zero attached hydrogens (tertiary/aromatic N) is 2. The van der Waals surface area contributed by atoms with Crippen molar-refractivity contribution >= 4 is 21.4 Å². The van der Waals surface area contributed by atoms with Gasteiger partial charge in [-0.25, -0.2) is 8.42 Å². The minimum absolute atomic E-state index is 0.0662. The van der Waals surface area contributed by atoms with Gasteiger partial charge in [0.15, 0.2) is 0 Å². The number of nitrogens with one attached hydrogen (secondary N) is 1. The monoisotopic (exact) mass is 316 g/mol. The lowest BCUT2D eigenvalue weighted by Crippen LogP contribution is -2.32. The first-order chi connectivity index (χ1) is 9.79. The number of nitrogens with two attached hydrogens (primary N) is 1. The van der Waals surface area contributed by atoms with Crippen LogP contribution in [0.3, 0.4) is 0 Å². The summed E-state index contributed by atoms with van der Waals surface area (Å²) in [6, 6.07) is 2.42. The molecule has 9 heteroatoms. The lowest BCUT2D eigenvalue weighted by atomic mass is 10.2. The van der Waals surface area contributed by atoms with E-state index < -0.39 is 14.9 Å². The van der Waals surface area contributed by atoms with Crippen molar-refractivity contribution in [2.45, 2.75) is 32.1 Å². The average molecular weight is 316 g/mol. The maximum atomic E-state index is 12.6. The molecule has 0 aliphatic rings. The van der Waals surface area contributed by atoms with Gasteiger partial charge in [0, 0.05) is 19.2 Å². The highest BCUT2D eigenvalue weighted by molar-refractivity contribution is 7.89. The Morgan fingerprint density at radius 3 is 2.43 bits per heavy atom. The fraction of sp³-hybridized carbons (Fsp3) is 0.500. The fourth-order valence-corrected chi connectivity index (χ4v) is 3.83. The van der Waals surface area contributed by atoms with E-state index in [1.165, 1.54) is 10.4 Å². The Kier molecular flexibility index (Phi) is 5.64. The second-order valence-electron chi connectivity index (χ2n) is 4.53. The molecule has 0 aliphatic heterocycles. The van der Waals surface area contributed by atoms with Crippen LogP contribution in [0.1, 0.15) is 25.8 Å². The van der Waals surface area contributed by atoms with Gasteiger partial charge in [-0.05, 0) is 25.0 Å². The van der Waals surface area contributed by atoms with Gasteiger partial charge >= 0.3 is 0 Å². The molecule has 21 heavy (non-hydrogen) atoms. The third kappa shape index (κ3) is 3.49. The number of rotatable bonds is 7. The van der Waals surface area contributed by atoms with Gasteiger partial charge in [-0.1, -0.05) is 13.8 Å². The molecule has 1 rings (SSSR count). The van der Waals surface area contributed by atoms with Crippen molar-refractivity contribution in [3.05, 3.63) is 27.8 Å². The van der Waals surface area contributed by atoms with Crippen LogP contribution in [0, 0.1) is 17.0 Å². The first kappa shape index (κ1) is 17.3. The molecule has 8 nitrogen and oxygen atoms in total. The Bertz CT molecular complexity index is 630. The Morgan fingerprint density at radius 1 is 1.38 bits per heavy atom. The second kappa shape index (κ2) is 6.83. The highest BCUT2D eigenvalue weighted by Gasteiger charge is 2.28. The lowest BCUT2D eigenvalue weighted by Gasteiger charge is -2.21. The van der Waals surface area contributed by atoms with Crippen LogP contribution < -0.4 is 11.3 Å². The number of benzene rings is 1. The van der Waals surface area contributed by atoms with Crippen LogP contribution in [-0.4, -0.2) is 30.7 Å². The zero-order chi connectivity index (χ0) is 16.2. The minimum atomic E-state index is -3.76. The van der Waals surface area contributed by atoms with Crippen molar-refractivity contribution in [2.24, 2.45) is 5.84 Å². The van der Waals surface area contributed by atoms with Gasteiger partial charge in [-0.2, -0.15) is 4.31 Å². The summed E-state index contributed by atoms with van der Waals surface area (Å²) in [6.45, 7) is 5.85. The van der Waals surface area contributed by atoms with Crippen molar-refractivity contribution < 1.29 is 13.3 Å². The third-order valence-electron chi connectivity index (χ3n) is 3.09. The normalized spacial score (nSPS) is 11.7. The van der Waals surface area contributed by atoms with Crippen LogP contribution in [0.4, 0.5) is 11.4 Å². The van der Waals surface area contributed by atoms with E-state index in [0.29, 0.717) is 25.1 Å². The first-order valence-corrected chi connectivity index (χ1v) is 7.99. The molecule has 0 bridgehead atoms. The van der Waals surface area contributed by atoms with Gasteiger partial charge in [0.25, 0.3) is 5.69 Å². The van der Waals surface area contributed by atoms with E-state index in [2.05, 4.69) is 5.43 Å². The molecule has 118 valence electrons. The van der Waals surface area contributed by atoms with E-state index in [-0.39, 0.29) is 16.3 Å². The molecule has 0 spiro atoms. The number of anilines is 1. The Hall–Kier alpha value is -1.71. The first-order valence-electron chi connectivity index (χ1n) is 6.55. The summed E-state index contributed by atoms with van der Waals surface area (Å²) in [5.41, 5.74) is 2.33. The quantitative estimate of drug-likeness (QED) is 0.448. The second-order valence-corrected chi connectivity index (χ2v) is 6.44. The van der Waals surface area contributed by atoms with E-state index in [0.717, 1.165) is 6.07 Å². The summed E-state index contributed by atoms with van der Waals surface area (Å²) in [5.74, 6) is 5.24. The highest BCUT2D eigenvalue weighted by Crippen LogP contribution is 2.31. The molecule has 0 saturated carbocycles. The fourth-order valence-electron chi connectivity index (χ4n) is 2.06. The van der Waals surface area contributed by atoms with E-state index in [9.17, 15) is 18.5 Å². The number of hydrazine groups is 1. The zero-order valence-electron chi connectivity index (χ0n) is 12.3. The van der Waals surface area contributed by atoms with Crippen LogP contribution in [0.15, 0.2) is 17.0 Å². The summed E-state index contributed by atoms with van der Waals surface area (Å²) < 4.78 is 26.5. The smallest absolute Gasteiger partial charge is 0.295 e. The standard InChI is InChI=1S/C12H20N4O4S/c1-4-6-15(5-2)21(19,20)12-8-11(16(17)18)10(14-13)7-9(12)3/h7-8,14H,4-6,13H2,1-3H3. The van der Waals surface area contributed by atoms with Crippen molar-refractivity contribution in [1.82, 2.24) is 4.31 Å². The summed E-state index contributed by atoms with van der Waals surface area (Å²) in [4.78, 5) is 10.3. The molecule has 0 radical (unpaired) electrons. The summed E-state index contributed by atoms with van der Waals surface area (Å²) in [6.07, 6.45) is 0.663. The maximum Gasteiger partial charge on any atom is 0.295 e. The number of nitro groups is 1. The van der Waals surface area contributed by atoms with Gasteiger partial charge in [-0.15, -0.1) is 0 Å². The number of sulfonamides is 1. The molecule has 0 aliphatic carbocycles. The molecule has 1 aromatic rings. The summed E-state index contributed by atoms with van der Waals surface area (Å²) in [5, 5.41) is 11.0. The van der Waals surface area contributed by atoms with E-state index in [1.807, 2.05) is 6.92 Å². The van der Waals surface area contributed by atoms with E-state index in [1.54, 1.807) is 13.8 Å². The van der Waals surface area contributed by atoms with Gasteiger partial charge in [0.1, 0.15) is 5.69 Å². The SMILES string of the molecule is CCCN(CC)S(=O)(=O)c1cc([N+](=O)[O-])c(NN)cc1C. The van der Waals surface area contributed by atoms with E-state index >= 15 is 0 Å². The molecule has 0 fully saturated rings. The molecule has 0 unspecified atom stereocenters. The molecule has 3 N–H and O–H groups in total. The molecular formula is C12H20N4O4S. The predicted molar refractivity (Wildman–Crippen MR) is 80.4 cm³/mol. The molecule has 0 saturated heterocycles. The Balaban J connectivity index is 3.49. The lowest BCUT2D eigenvalue weighted by molar-refractivity contribution is -0.384. The Morgan fingerprint density at radius 2 is 2.00 bits per heavy atom. The van der Waals surface area contributed by atoms with E-state index in [4.69, 9.17) is 5.84 Å². The summed E-state index contributed by atoms with van der Waals surface area (Å²) >= 11 is 0. The molecule has 1 aromatic carbocycles. The number of aryl methyl sites for hydroxylation is 1. The zero-order valence-corrected chi connectivity index (χ0v) is 13.1. The highest BCUT2D eigenvalue weighted by atomic mass is 32.2. The topological polar surface area (TPSA) is 119 Å². The van der Waals surface area contributed by atoms with Gasteiger partial charge < -0.3 is 5.43 Å². The molecule has 0 aromatic heterocycles. The minimum Gasteiger partial charge on any atom is -0.318 e. The van der Waals surface area contributed by atoms with Crippen LogP contribution in [0.5, 0.6) is 0 Å². The average Bonchev–Trinajstić information content (AvgIpc) is 2.43. The maximum absolute atomic E-state index is 12.6. The molecular weight excluding hydrogens is 296 g/mol.